The van der Waals surface area contributed by atoms with E-state index >= 15 is 0 Å². The van der Waals surface area contributed by atoms with E-state index in [1.165, 1.54) is 7.07 Å². The number of nitrogens with zero attached hydrogens (tertiary/aromatic N) is 1. The summed E-state index contributed by atoms with van der Waals surface area (Å²) >= 11 is 0. The van der Waals surface area contributed by atoms with E-state index in [1.54, 1.807) is 13.8 Å². The zero-order chi connectivity index (χ0) is 22.9. The van der Waals surface area contributed by atoms with Crippen molar-refractivity contribution >= 4 is 36.9 Å². The molecule has 168 valence electrons. The molecule has 13 nitrogen and oxygen atoms in total. The zero-order valence-corrected chi connectivity index (χ0v) is 19.1. The van der Waals surface area contributed by atoms with Crippen molar-refractivity contribution in [2.75, 3.05) is 13.2 Å². The molecule has 30 heavy (non-hydrogen) atoms. The standard InChI is InChI=1S/C13H22BN2O11P3/c1-4-12(17)15-7-5-6-14-16-13-10(3)9(2)11(25-13)8-24-29(20,21)27-30(22,23)26-28(18)19/h9-11,13H,4,7-8H2,1-3H3,(H3-,15,17,18,19,20,21,22,23)/p+1/t9?,10-,11+,13+/m0/s1. The van der Waals surface area contributed by atoms with Crippen molar-refractivity contribution in [3.8, 4) is 11.7 Å². The fraction of sp³-hybridized carbons (Fsp3) is 0.769. The molecular weight excluding hydrogens is 464 g/mol. The molecule has 1 rings (SSSR count). The number of nitrogens with one attached hydrogen (secondary N) is 1. The summed E-state index contributed by atoms with van der Waals surface area (Å²) in [6.45, 7) is 5.05. The summed E-state index contributed by atoms with van der Waals surface area (Å²) in [6.07, 6.45) is -0.949. The van der Waals surface area contributed by atoms with Gasteiger partial charge in [-0.3, -0.25) is 0 Å². The molecule has 4 unspecified atom stereocenters. The molecule has 17 heteroatoms. The van der Waals surface area contributed by atoms with Crippen LogP contribution >= 0.6 is 23.9 Å². The monoisotopic (exact) mass is 487 g/mol. The molecule has 0 aromatic heterocycles. The summed E-state index contributed by atoms with van der Waals surface area (Å²) < 4.78 is 51.3. The molecule has 0 radical (unpaired) electrons. The maximum atomic E-state index is 11.8. The van der Waals surface area contributed by atoms with E-state index < -0.39 is 42.8 Å². The number of amides is 1. The molecule has 1 saturated heterocycles. The molecule has 1 amide bonds. The van der Waals surface area contributed by atoms with Crippen LogP contribution in [0.1, 0.15) is 27.2 Å². The van der Waals surface area contributed by atoms with E-state index in [-0.39, 0.29) is 24.3 Å². The van der Waals surface area contributed by atoms with E-state index in [9.17, 15) is 23.4 Å². The number of carbonyl (C=O) groups is 1. The van der Waals surface area contributed by atoms with E-state index in [0.717, 1.165) is 0 Å². The summed E-state index contributed by atoms with van der Waals surface area (Å²) in [5.41, 5.74) is 0. The fourth-order valence-electron chi connectivity index (χ4n) is 2.29. The minimum atomic E-state index is -5.28. The van der Waals surface area contributed by atoms with Gasteiger partial charge >= 0.3 is 174 Å². The second-order valence-corrected chi connectivity index (χ2v) is 10.1. The Bertz CT molecular complexity index is 814. The van der Waals surface area contributed by atoms with E-state index in [0.29, 0.717) is 6.42 Å². The van der Waals surface area contributed by atoms with Crippen LogP contribution < -0.4 is 5.32 Å². The van der Waals surface area contributed by atoms with Crippen molar-refractivity contribution in [3.63, 3.8) is 0 Å². The van der Waals surface area contributed by atoms with Crippen molar-refractivity contribution in [2.24, 2.45) is 16.7 Å². The molecular formula is C13H23BN2O11P3+. The normalized spacial score (nSPS) is 28.0. The molecule has 7 atom stereocenters. The van der Waals surface area contributed by atoms with Crippen LogP contribution in [-0.4, -0.2) is 53.1 Å². The van der Waals surface area contributed by atoms with Crippen molar-refractivity contribution < 1.29 is 51.1 Å². The van der Waals surface area contributed by atoms with Gasteiger partial charge in [-0.2, -0.15) is 0 Å². The molecule has 1 aliphatic rings. The third-order valence-corrected chi connectivity index (χ3v) is 7.55. The van der Waals surface area contributed by atoms with Gasteiger partial charge in [0.05, 0.1) is 0 Å². The third-order valence-electron chi connectivity index (χ3n) is 4.04. The van der Waals surface area contributed by atoms with Crippen LogP contribution in [0.2, 0.25) is 0 Å². The summed E-state index contributed by atoms with van der Waals surface area (Å²) in [4.78, 5) is 42.3. The molecule has 1 heterocycles. The van der Waals surface area contributed by atoms with Gasteiger partial charge in [0.2, 0.25) is 0 Å². The first-order valence-electron chi connectivity index (χ1n) is 8.66. The number of rotatable bonds is 10. The first-order valence-corrected chi connectivity index (χ1v) is 12.8. The summed E-state index contributed by atoms with van der Waals surface area (Å²) in [7, 11) is -12.6. The quantitative estimate of drug-likeness (QED) is 0.197. The van der Waals surface area contributed by atoms with Crippen LogP contribution in [0, 0.1) is 23.6 Å². The molecule has 0 bridgehead atoms. The van der Waals surface area contributed by atoms with Crippen molar-refractivity contribution in [1.82, 2.24) is 5.32 Å². The zero-order valence-electron chi connectivity index (χ0n) is 16.4. The van der Waals surface area contributed by atoms with Gasteiger partial charge in [-0.05, 0) is 0 Å². The predicted octanol–water partition coefficient (Wildman–Crippen LogP) is 1.26. The van der Waals surface area contributed by atoms with E-state index in [4.69, 9.17) is 14.5 Å². The van der Waals surface area contributed by atoms with E-state index in [1.807, 2.05) is 6.92 Å². The fourth-order valence-corrected chi connectivity index (χ4v) is 4.95. The molecule has 0 saturated carbocycles. The second kappa shape index (κ2) is 12.3. The topological polar surface area (TPSA) is 190 Å². The van der Waals surface area contributed by atoms with Crippen LogP contribution in [0.5, 0.6) is 0 Å². The predicted molar refractivity (Wildman–Crippen MR) is 104 cm³/mol. The van der Waals surface area contributed by atoms with Gasteiger partial charge in [-0.15, -0.1) is 0 Å². The Hall–Kier alpha value is -0.825. The molecule has 0 aromatic rings. The Labute approximate surface area is 175 Å². The minimum absolute atomic E-state index is 0.110. The first kappa shape index (κ1) is 27.2. The number of hydrogen-bond acceptors (Lipinski definition) is 9. The number of carbonyl (C=O) groups excluding carboxylic acids is 1. The summed E-state index contributed by atoms with van der Waals surface area (Å²) in [5, 5.41) is 2.58. The molecule has 1 fully saturated rings. The number of phosphoric acid groups is 2. The van der Waals surface area contributed by atoms with Gasteiger partial charge in [0, 0.05) is 0 Å². The SMILES string of the molecule is CCC(=O)NCC#CB=N[C@@H]1O[C@H](COP(=O)(O)OP(=O)(O)O[P+](=O)O)C(C)[C@@H]1C. The summed E-state index contributed by atoms with van der Waals surface area (Å²) in [6, 6.07) is 0. The van der Waals surface area contributed by atoms with E-state index in [2.05, 4.69) is 35.1 Å². The van der Waals surface area contributed by atoms with Crippen LogP contribution in [0.15, 0.2) is 4.90 Å². The Morgan fingerprint density at radius 3 is 2.57 bits per heavy atom. The third kappa shape index (κ3) is 9.99. The van der Waals surface area contributed by atoms with Crippen LogP contribution in [0.4, 0.5) is 0 Å². The van der Waals surface area contributed by atoms with Crippen LogP contribution in [0.25, 0.3) is 0 Å². The van der Waals surface area contributed by atoms with Crippen molar-refractivity contribution in [1.29, 1.82) is 0 Å². The van der Waals surface area contributed by atoms with Crippen molar-refractivity contribution in [2.45, 2.75) is 39.5 Å². The number of phosphoric ester groups is 1. The van der Waals surface area contributed by atoms with Gasteiger partial charge in [0.15, 0.2) is 0 Å². The van der Waals surface area contributed by atoms with Crippen LogP contribution in [0.3, 0.4) is 0 Å². The number of ether oxygens (including phenoxy) is 1. The Morgan fingerprint density at radius 1 is 1.30 bits per heavy atom. The van der Waals surface area contributed by atoms with Gasteiger partial charge in [0.1, 0.15) is 0 Å². The second-order valence-electron chi connectivity index (χ2n) is 6.15. The summed E-state index contributed by atoms with van der Waals surface area (Å²) in [5.74, 6) is 4.94. The van der Waals surface area contributed by atoms with Gasteiger partial charge < -0.3 is 0 Å². The Balaban J connectivity index is 2.57. The maximum absolute atomic E-state index is 11.8. The molecule has 1 aliphatic heterocycles. The Kier molecular flexibility index (Phi) is 11.1. The van der Waals surface area contributed by atoms with Gasteiger partial charge in [-0.1, -0.05) is 0 Å². The molecule has 4 N–H and O–H groups in total. The average molecular weight is 487 g/mol. The van der Waals surface area contributed by atoms with Crippen molar-refractivity contribution in [3.05, 3.63) is 0 Å². The first-order chi connectivity index (χ1) is 13.9. The number of hydrogen-bond donors (Lipinski definition) is 4. The van der Waals surface area contributed by atoms with Gasteiger partial charge in [-0.25, -0.2) is 0 Å². The van der Waals surface area contributed by atoms with Crippen LogP contribution in [-0.2, 0) is 36.4 Å². The Morgan fingerprint density at radius 2 is 1.97 bits per heavy atom. The molecule has 0 aliphatic carbocycles. The molecule has 0 spiro atoms. The van der Waals surface area contributed by atoms with Gasteiger partial charge in [0.25, 0.3) is 0 Å². The molecule has 0 aromatic carbocycles. The average Bonchev–Trinajstić information content (AvgIpc) is 2.88.